The minimum absolute atomic E-state index is 0.0400. The summed E-state index contributed by atoms with van der Waals surface area (Å²) in [6, 6.07) is 8.04. The summed E-state index contributed by atoms with van der Waals surface area (Å²) in [6.45, 7) is 7.91. The molecule has 1 aliphatic carbocycles. The summed E-state index contributed by atoms with van der Waals surface area (Å²) in [7, 11) is 0. The van der Waals surface area contributed by atoms with Crippen molar-refractivity contribution in [1.29, 1.82) is 0 Å². The van der Waals surface area contributed by atoms with E-state index in [0.717, 1.165) is 21.8 Å². The number of benzene rings is 1. The maximum Gasteiger partial charge on any atom is 0.233 e. The van der Waals surface area contributed by atoms with Gasteiger partial charge in [0.25, 0.3) is 0 Å². The highest BCUT2D eigenvalue weighted by atomic mass is 32.2. The molecule has 1 aromatic heterocycles. The van der Waals surface area contributed by atoms with Gasteiger partial charge >= 0.3 is 0 Å². The summed E-state index contributed by atoms with van der Waals surface area (Å²) < 4.78 is 0. The van der Waals surface area contributed by atoms with Crippen LogP contribution in [0.3, 0.4) is 0 Å². The van der Waals surface area contributed by atoms with Crippen LogP contribution in [0.5, 0.6) is 0 Å². The molecule has 1 fully saturated rings. The van der Waals surface area contributed by atoms with Crippen LogP contribution >= 0.6 is 11.8 Å². The van der Waals surface area contributed by atoms with Crippen molar-refractivity contribution >= 4 is 28.6 Å². The van der Waals surface area contributed by atoms with E-state index in [-0.39, 0.29) is 16.7 Å². The summed E-state index contributed by atoms with van der Waals surface area (Å²) in [4.78, 5) is 21.8. The van der Waals surface area contributed by atoms with E-state index in [1.807, 2.05) is 52.0 Å². The first-order valence-corrected chi connectivity index (χ1v) is 8.97. The number of amides is 1. The van der Waals surface area contributed by atoms with Crippen LogP contribution in [0.4, 0.5) is 0 Å². The second-order valence-corrected chi connectivity index (χ2v) is 8.51. The number of para-hydroxylation sites is 1. The first-order valence-electron chi connectivity index (χ1n) is 8.09. The normalized spacial score (nSPS) is 16.3. The van der Waals surface area contributed by atoms with E-state index in [2.05, 4.69) is 10.3 Å². The predicted octanol–water partition coefficient (Wildman–Crippen LogP) is 3.90. The largest absolute Gasteiger partial charge is 0.351 e. The summed E-state index contributed by atoms with van der Waals surface area (Å²) in [6.07, 6.45) is 2.34. The van der Waals surface area contributed by atoms with Gasteiger partial charge in [0, 0.05) is 16.8 Å². The van der Waals surface area contributed by atoms with Gasteiger partial charge < -0.3 is 5.32 Å². The van der Waals surface area contributed by atoms with E-state index < -0.39 is 0 Å². The van der Waals surface area contributed by atoms with Crippen molar-refractivity contribution in [1.82, 2.24) is 15.3 Å². The van der Waals surface area contributed by atoms with Crippen molar-refractivity contribution < 1.29 is 4.79 Å². The molecule has 0 radical (unpaired) electrons. The zero-order chi connectivity index (χ0) is 16.6. The molecular weight excluding hydrogens is 306 g/mol. The number of hydrogen-bond acceptors (Lipinski definition) is 4. The quantitative estimate of drug-likeness (QED) is 0.683. The number of nitrogens with zero attached hydrogens (tertiary/aromatic N) is 2. The van der Waals surface area contributed by atoms with Crippen LogP contribution in [0.25, 0.3) is 10.9 Å². The van der Waals surface area contributed by atoms with E-state index in [1.54, 1.807) is 0 Å². The van der Waals surface area contributed by atoms with Gasteiger partial charge in [-0.15, -0.1) is 0 Å². The Morgan fingerprint density at radius 3 is 2.61 bits per heavy atom. The van der Waals surface area contributed by atoms with Crippen LogP contribution in [-0.2, 0) is 4.79 Å². The lowest BCUT2D eigenvalue weighted by atomic mass is 10.1. The van der Waals surface area contributed by atoms with E-state index in [4.69, 9.17) is 4.98 Å². The van der Waals surface area contributed by atoms with Crippen LogP contribution in [0.1, 0.15) is 52.3 Å². The number of aromatic nitrogens is 2. The zero-order valence-corrected chi connectivity index (χ0v) is 14.9. The highest BCUT2D eigenvalue weighted by Crippen LogP contribution is 2.40. The van der Waals surface area contributed by atoms with Gasteiger partial charge in [-0.3, -0.25) is 4.79 Å². The van der Waals surface area contributed by atoms with Gasteiger partial charge in [0.1, 0.15) is 10.9 Å². The van der Waals surface area contributed by atoms with E-state index in [1.165, 1.54) is 24.6 Å². The van der Waals surface area contributed by atoms with Crippen molar-refractivity contribution in [2.45, 2.75) is 62.3 Å². The van der Waals surface area contributed by atoms with Crippen molar-refractivity contribution in [3.63, 3.8) is 0 Å². The second kappa shape index (κ2) is 6.11. The number of carbonyl (C=O) groups excluding carboxylic acids is 1. The molecular formula is C18H23N3OS. The average molecular weight is 329 g/mol. The van der Waals surface area contributed by atoms with E-state index >= 15 is 0 Å². The van der Waals surface area contributed by atoms with Gasteiger partial charge in [0.2, 0.25) is 5.91 Å². The van der Waals surface area contributed by atoms with Gasteiger partial charge in [-0.1, -0.05) is 30.0 Å². The highest BCUT2D eigenvalue weighted by Gasteiger charge is 2.28. The molecule has 4 nitrogen and oxygen atoms in total. The zero-order valence-electron chi connectivity index (χ0n) is 14.1. The van der Waals surface area contributed by atoms with Gasteiger partial charge in [0.05, 0.1) is 10.8 Å². The van der Waals surface area contributed by atoms with Gasteiger partial charge in [0.15, 0.2) is 0 Å². The third kappa shape index (κ3) is 4.02. The average Bonchev–Trinajstić information content (AvgIpc) is 3.30. The third-order valence-electron chi connectivity index (χ3n) is 3.68. The molecule has 0 unspecified atom stereocenters. The minimum Gasteiger partial charge on any atom is -0.351 e. The summed E-state index contributed by atoms with van der Waals surface area (Å²) >= 11 is 1.52. The lowest BCUT2D eigenvalue weighted by Gasteiger charge is -2.23. The first kappa shape index (κ1) is 16.2. The molecule has 1 saturated carbocycles. The molecule has 1 aliphatic rings. The molecule has 0 saturated heterocycles. The van der Waals surface area contributed by atoms with E-state index in [0.29, 0.717) is 5.92 Å². The second-order valence-electron chi connectivity index (χ2n) is 7.18. The SMILES string of the molecule is C[C@H](Sc1nc(C2CC2)nc2ccccc12)C(=O)NC(C)(C)C. The standard InChI is InChI=1S/C18H23N3OS/c1-11(16(22)21-18(2,3)4)23-17-13-7-5-6-8-14(13)19-15(20-17)12-9-10-12/h5-8,11-12H,9-10H2,1-4H3,(H,21,22)/t11-/m0/s1. The Balaban J connectivity index is 1.88. The fourth-order valence-electron chi connectivity index (χ4n) is 2.37. The Labute approximate surface area is 141 Å². The van der Waals surface area contributed by atoms with Gasteiger partial charge in [-0.2, -0.15) is 0 Å². The molecule has 5 heteroatoms. The predicted molar refractivity (Wildman–Crippen MR) is 94.7 cm³/mol. The molecule has 23 heavy (non-hydrogen) atoms. The van der Waals surface area contributed by atoms with Crippen LogP contribution in [0.15, 0.2) is 29.3 Å². The van der Waals surface area contributed by atoms with E-state index in [9.17, 15) is 4.79 Å². The fraction of sp³-hybridized carbons (Fsp3) is 0.500. The molecule has 1 amide bonds. The molecule has 3 rings (SSSR count). The van der Waals surface area contributed by atoms with Crippen LogP contribution in [-0.4, -0.2) is 26.7 Å². The van der Waals surface area contributed by atoms with Crippen molar-refractivity contribution in [2.24, 2.45) is 0 Å². The molecule has 122 valence electrons. The molecule has 0 bridgehead atoms. The third-order valence-corrected chi connectivity index (χ3v) is 4.79. The fourth-order valence-corrected chi connectivity index (χ4v) is 3.32. The smallest absolute Gasteiger partial charge is 0.233 e. The number of hydrogen-bond donors (Lipinski definition) is 1. The Bertz CT molecular complexity index is 735. The molecule has 1 N–H and O–H groups in total. The number of fused-ring (bicyclic) bond motifs is 1. The number of carbonyl (C=O) groups is 1. The highest BCUT2D eigenvalue weighted by molar-refractivity contribution is 8.00. The monoisotopic (exact) mass is 329 g/mol. The Morgan fingerprint density at radius 1 is 1.26 bits per heavy atom. The number of nitrogens with one attached hydrogen (secondary N) is 1. The molecule has 0 aliphatic heterocycles. The Morgan fingerprint density at radius 2 is 1.96 bits per heavy atom. The number of thioether (sulfide) groups is 1. The minimum atomic E-state index is -0.223. The van der Waals surface area contributed by atoms with Gasteiger partial charge in [-0.25, -0.2) is 9.97 Å². The summed E-state index contributed by atoms with van der Waals surface area (Å²) in [5, 5.41) is 4.78. The molecule has 1 aromatic carbocycles. The maximum absolute atomic E-state index is 12.4. The Kier molecular flexibility index (Phi) is 4.32. The van der Waals surface area contributed by atoms with Crippen LogP contribution in [0, 0.1) is 0 Å². The topological polar surface area (TPSA) is 54.9 Å². The lowest BCUT2D eigenvalue weighted by molar-refractivity contribution is -0.121. The van der Waals surface area contributed by atoms with Crippen molar-refractivity contribution in [3.05, 3.63) is 30.1 Å². The first-order chi connectivity index (χ1) is 10.8. The molecule has 0 spiro atoms. The maximum atomic E-state index is 12.4. The van der Waals surface area contributed by atoms with Crippen LogP contribution in [0.2, 0.25) is 0 Å². The molecule has 1 heterocycles. The summed E-state index contributed by atoms with van der Waals surface area (Å²) in [5.74, 6) is 1.46. The van der Waals surface area contributed by atoms with Gasteiger partial charge in [-0.05, 0) is 46.6 Å². The number of rotatable bonds is 4. The lowest BCUT2D eigenvalue weighted by Crippen LogP contribution is -2.44. The van der Waals surface area contributed by atoms with Crippen molar-refractivity contribution in [2.75, 3.05) is 0 Å². The van der Waals surface area contributed by atoms with Crippen LogP contribution < -0.4 is 5.32 Å². The molecule has 1 atom stereocenters. The molecule has 2 aromatic rings. The Hall–Kier alpha value is -1.62. The van der Waals surface area contributed by atoms with Crippen molar-refractivity contribution in [3.8, 4) is 0 Å². The summed E-state index contributed by atoms with van der Waals surface area (Å²) in [5.41, 5.74) is 0.745.